The van der Waals surface area contributed by atoms with E-state index in [-0.39, 0.29) is 0 Å². The first-order valence-corrected chi connectivity index (χ1v) is 14.7. The molecule has 5 aromatic carbocycles. The Labute approximate surface area is 250 Å². The molecule has 0 spiro atoms. The van der Waals surface area contributed by atoms with Gasteiger partial charge in [0.05, 0.1) is 38.6 Å². The molecule has 6 heteroatoms. The van der Waals surface area contributed by atoms with Crippen molar-refractivity contribution in [2.45, 2.75) is 0 Å². The van der Waals surface area contributed by atoms with Crippen LogP contribution in [0.15, 0.2) is 134 Å². The van der Waals surface area contributed by atoms with Crippen LogP contribution in [0.2, 0.25) is 0 Å². The third-order valence-corrected chi connectivity index (χ3v) is 8.75. The summed E-state index contributed by atoms with van der Waals surface area (Å²) >= 11 is 0. The van der Waals surface area contributed by atoms with Crippen molar-refractivity contribution < 1.29 is 0 Å². The lowest BCUT2D eigenvalue weighted by atomic mass is 10.0. The van der Waals surface area contributed by atoms with Crippen molar-refractivity contribution in [1.29, 1.82) is 0 Å². The molecule has 0 unspecified atom stereocenters. The quantitative estimate of drug-likeness (QED) is 0.197. The molecule has 0 bridgehead atoms. The maximum Gasteiger partial charge on any atom is 0.221 e. The highest BCUT2D eigenvalue weighted by molar-refractivity contribution is 6.11. The molecule has 44 heavy (non-hydrogen) atoms. The fraction of sp³-hybridized carbons (Fsp3) is 0. The zero-order valence-corrected chi connectivity index (χ0v) is 23.4. The number of fused-ring (bicyclic) bond motifs is 11. The standard InChI is InChI=1S/C38H22N6/c1-3-11-30-28(10-1)37-41-31-12-4-6-14-34(31)44(37)38(42-30)43-32-13-5-2-9-27(32)29-21-24(17-18-33(29)43)26-20-25-16-15-23-8-7-19-39-35(23)36(25)40-22-26/h1-22H. The Bertz CT molecular complexity index is 2790. The topological polar surface area (TPSA) is 60.9 Å². The molecule has 5 heterocycles. The smallest absolute Gasteiger partial charge is 0.221 e. The van der Waals surface area contributed by atoms with Crippen molar-refractivity contribution in [2.75, 3.05) is 0 Å². The number of aromatic nitrogens is 6. The normalized spacial score (nSPS) is 12.1. The molecule has 10 aromatic rings. The van der Waals surface area contributed by atoms with Gasteiger partial charge in [-0.1, -0.05) is 66.7 Å². The molecule has 6 nitrogen and oxygen atoms in total. The van der Waals surface area contributed by atoms with Crippen LogP contribution in [-0.2, 0) is 0 Å². The Morgan fingerprint density at radius 2 is 1.23 bits per heavy atom. The molecule has 0 aliphatic rings. The number of benzene rings is 5. The number of rotatable bonds is 2. The van der Waals surface area contributed by atoms with Gasteiger partial charge in [-0.15, -0.1) is 0 Å². The highest BCUT2D eigenvalue weighted by Gasteiger charge is 2.20. The number of para-hydroxylation sites is 4. The summed E-state index contributed by atoms with van der Waals surface area (Å²) in [4.78, 5) is 19.8. The first-order chi connectivity index (χ1) is 21.8. The van der Waals surface area contributed by atoms with E-state index in [1.807, 2.05) is 36.7 Å². The summed E-state index contributed by atoms with van der Waals surface area (Å²) in [5.41, 5.74) is 10.00. The zero-order chi connectivity index (χ0) is 28.8. The van der Waals surface area contributed by atoms with Crippen LogP contribution in [-0.4, -0.2) is 28.9 Å². The lowest BCUT2D eigenvalue weighted by Crippen LogP contribution is -2.06. The minimum absolute atomic E-state index is 0.818. The van der Waals surface area contributed by atoms with E-state index in [9.17, 15) is 0 Å². The van der Waals surface area contributed by atoms with Gasteiger partial charge in [0.1, 0.15) is 5.65 Å². The van der Waals surface area contributed by atoms with Crippen molar-refractivity contribution in [3.63, 3.8) is 0 Å². The monoisotopic (exact) mass is 562 g/mol. The third kappa shape index (κ3) is 3.19. The molecular weight excluding hydrogens is 540 g/mol. The maximum atomic E-state index is 5.28. The van der Waals surface area contributed by atoms with E-state index in [1.54, 1.807) is 0 Å². The molecule has 0 radical (unpaired) electrons. The second-order valence-corrected chi connectivity index (χ2v) is 11.2. The van der Waals surface area contributed by atoms with Crippen LogP contribution in [0.1, 0.15) is 0 Å². The maximum absolute atomic E-state index is 5.28. The predicted octanol–water partition coefficient (Wildman–Crippen LogP) is 8.90. The average Bonchev–Trinajstić information content (AvgIpc) is 3.64. The largest absolute Gasteiger partial charge is 0.279 e. The lowest BCUT2D eigenvalue weighted by Gasteiger charge is -2.12. The van der Waals surface area contributed by atoms with Crippen LogP contribution in [0.5, 0.6) is 0 Å². The molecule has 0 aliphatic carbocycles. The van der Waals surface area contributed by atoms with Gasteiger partial charge < -0.3 is 0 Å². The minimum Gasteiger partial charge on any atom is -0.279 e. The van der Waals surface area contributed by atoms with Crippen LogP contribution in [0.25, 0.3) is 88.3 Å². The Morgan fingerprint density at radius 1 is 0.477 bits per heavy atom. The SMILES string of the molecule is c1cnc2c(c1)ccc1cc(-c3ccc4c(c3)c3ccccc3n4-c3nc4ccccc4c4nc5ccccc5n34)cnc12. The van der Waals surface area contributed by atoms with Gasteiger partial charge in [0.25, 0.3) is 0 Å². The van der Waals surface area contributed by atoms with Gasteiger partial charge in [-0.2, -0.15) is 0 Å². The molecule has 0 N–H and O–H groups in total. The molecule has 0 fully saturated rings. The summed E-state index contributed by atoms with van der Waals surface area (Å²) in [6.45, 7) is 0. The van der Waals surface area contributed by atoms with Crippen molar-refractivity contribution in [1.82, 2.24) is 28.9 Å². The van der Waals surface area contributed by atoms with E-state index in [1.165, 1.54) is 5.39 Å². The van der Waals surface area contributed by atoms with Gasteiger partial charge in [0.15, 0.2) is 0 Å². The first kappa shape index (κ1) is 23.4. The van der Waals surface area contributed by atoms with Crippen LogP contribution >= 0.6 is 0 Å². The van der Waals surface area contributed by atoms with Crippen molar-refractivity contribution >= 4 is 71.2 Å². The summed E-state index contributed by atoms with van der Waals surface area (Å²) in [6.07, 6.45) is 3.79. The Morgan fingerprint density at radius 3 is 2.16 bits per heavy atom. The van der Waals surface area contributed by atoms with Gasteiger partial charge in [0.2, 0.25) is 5.95 Å². The molecule has 0 atom stereocenters. The number of hydrogen-bond donors (Lipinski definition) is 0. The van der Waals surface area contributed by atoms with Crippen molar-refractivity contribution in [2.24, 2.45) is 0 Å². The molecule has 0 saturated heterocycles. The third-order valence-electron chi connectivity index (χ3n) is 8.75. The fourth-order valence-corrected chi connectivity index (χ4v) is 6.74. The van der Waals surface area contributed by atoms with Crippen LogP contribution in [0, 0.1) is 0 Å². The van der Waals surface area contributed by atoms with Gasteiger partial charge in [-0.05, 0) is 60.2 Å². The summed E-state index contributed by atoms with van der Waals surface area (Å²) in [7, 11) is 0. The number of nitrogens with zero attached hydrogens (tertiary/aromatic N) is 6. The van der Waals surface area contributed by atoms with E-state index in [4.69, 9.17) is 15.0 Å². The minimum atomic E-state index is 0.818. The highest BCUT2D eigenvalue weighted by Crippen LogP contribution is 2.37. The van der Waals surface area contributed by atoms with Crippen molar-refractivity contribution in [3.8, 4) is 17.1 Å². The van der Waals surface area contributed by atoms with E-state index >= 15 is 0 Å². The van der Waals surface area contributed by atoms with Gasteiger partial charge in [-0.3, -0.25) is 18.9 Å². The van der Waals surface area contributed by atoms with Crippen molar-refractivity contribution in [3.05, 3.63) is 134 Å². The van der Waals surface area contributed by atoms with E-state index < -0.39 is 0 Å². The van der Waals surface area contributed by atoms with Gasteiger partial charge in [0, 0.05) is 44.9 Å². The average molecular weight is 563 g/mol. The van der Waals surface area contributed by atoms with Crippen LogP contribution in [0.4, 0.5) is 0 Å². The van der Waals surface area contributed by atoms with Gasteiger partial charge in [-0.25, -0.2) is 9.97 Å². The Kier molecular flexibility index (Phi) is 4.63. The number of pyridine rings is 2. The highest BCUT2D eigenvalue weighted by atomic mass is 15.2. The fourth-order valence-electron chi connectivity index (χ4n) is 6.74. The number of hydrogen-bond acceptors (Lipinski definition) is 4. The zero-order valence-electron chi connectivity index (χ0n) is 23.4. The van der Waals surface area contributed by atoms with E-state index in [0.29, 0.717) is 0 Å². The Balaban J connectivity index is 1.26. The molecule has 0 saturated carbocycles. The summed E-state index contributed by atoms with van der Waals surface area (Å²) < 4.78 is 4.47. The van der Waals surface area contributed by atoms with E-state index in [0.717, 1.165) is 82.9 Å². The van der Waals surface area contributed by atoms with Gasteiger partial charge >= 0.3 is 0 Å². The van der Waals surface area contributed by atoms with E-state index in [2.05, 4.69) is 111 Å². The predicted molar refractivity (Wildman–Crippen MR) is 178 cm³/mol. The number of imidazole rings is 1. The lowest BCUT2D eigenvalue weighted by molar-refractivity contribution is 0.979. The summed E-state index contributed by atoms with van der Waals surface area (Å²) in [6, 6.07) is 42.2. The summed E-state index contributed by atoms with van der Waals surface area (Å²) in [5.74, 6) is 0.818. The molecule has 0 aliphatic heterocycles. The molecule has 204 valence electrons. The summed E-state index contributed by atoms with van der Waals surface area (Å²) in [5, 5.41) is 5.52. The second-order valence-electron chi connectivity index (χ2n) is 11.2. The van der Waals surface area contributed by atoms with Crippen LogP contribution < -0.4 is 0 Å². The molecule has 10 rings (SSSR count). The molecule has 0 amide bonds. The molecule has 5 aromatic heterocycles. The Hall–Kier alpha value is -6.14. The first-order valence-electron chi connectivity index (χ1n) is 14.7. The van der Waals surface area contributed by atoms with Crippen LogP contribution in [0.3, 0.4) is 0 Å². The second kappa shape index (κ2) is 8.69. The molecular formula is C38H22N6.